The lowest BCUT2D eigenvalue weighted by atomic mass is 10.1. The molecule has 84 valence electrons. The number of aromatic nitrogens is 2. The van der Waals surface area contributed by atoms with Gasteiger partial charge in [0.1, 0.15) is 5.69 Å². The molecule has 1 aromatic carbocycles. The molecular weight excluding hydrogens is 248 g/mol. The molecule has 0 aliphatic carbocycles. The van der Waals surface area contributed by atoms with E-state index in [-0.39, 0.29) is 0 Å². The van der Waals surface area contributed by atoms with E-state index in [2.05, 4.69) is 8.75 Å². The van der Waals surface area contributed by atoms with Gasteiger partial charge in [-0.05, 0) is 12.1 Å². The molecule has 0 aliphatic heterocycles. The molecule has 0 bridgehead atoms. The van der Waals surface area contributed by atoms with Gasteiger partial charge in [-0.3, -0.25) is 0 Å². The van der Waals surface area contributed by atoms with Crippen LogP contribution in [0.1, 0.15) is 0 Å². The second kappa shape index (κ2) is 4.67. The lowest BCUT2D eigenvalue weighted by molar-refractivity contribution is 0.356. The Kier molecular flexibility index (Phi) is 3.26. The first-order valence-electron chi connectivity index (χ1n) is 4.47. The van der Waals surface area contributed by atoms with Gasteiger partial charge in [0.05, 0.1) is 31.5 Å². The molecule has 0 atom stereocenters. The highest BCUT2D eigenvalue weighted by molar-refractivity contribution is 6.99. The van der Waals surface area contributed by atoms with Crippen LogP contribution in [0.15, 0.2) is 18.2 Å². The third kappa shape index (κ3) is 1.83. The predicted molar refractivity (Wildman–Crippen MR) is 63.5 cm³/mol. The number of halogens is 1. The van der Waals surface area contributed by atoms with Gasteiger partial charge in [-0.2, -0.15) is 8.75 Å². The zero-order chi connectivity index (χ0) is 11.5. The zero-order valence-corrected chi connectivity index (χ0v) is 10.3. The summed E-state index contributed by atoms with van der Waals surface area (Å²) in [7, 11) is 3.16. The molecule has 0 amide bonds. The topological polar surface area (TPSA) is 44.2 Å². The minimum atomic E-state index is 0.372. The van der Waals surface area contributed by atoms with Crippen LogP contribution in [0.2, 0.25) is 5.15 Å². The average molecular weight is 257 g/mol. The van der Waals surface area contributed by atoms with Gasteiger partial charge in [-0.15, -0.1) is 0 Å². The molecule has 0 saturated carbocycles. The van der Waals surface area contributed by atoms with Crippen molar-refractivity contribution in [3.63, 3.8) is 0 Å². The standard InChI is InChI=1S/C10H9ClN2O2S/c1-14-7-5-3-4-6(9(7)15-2)8-10(11)13-16-12-8/h3-5H,1-2H3. The van der Waals surface area contributed by atoms with Gasteiger partial charge in [-0.25, -0.2) is 0 Å². The number of hydrogen-bond donors (Lipinski definition) is 0. The maximum absolute atomic E-state index is 5.94. The number of hydrogen-bond acceptors (Lipinski definition) is 5. The minimum absolute atomic E-state index is 0.372. The van der Waals surface area contributed by atoms with Gasteiger partial charge >= 0.3 is 0 Å². The monoisotopic (exact) mass is 256 g/mol. The van der Waals surface area contributed by atoms with Crippen molar-refractivity contribution in [2.75, 3.05) is 14.2 Å². The zero-order valence-electron chi connectivity index (χ0n) is 8.73. The van der Waals surface area contributed by atoms with E-state index in [1.165, 1.54) is 0 Å². The Labute approximate surface area is 102 Å². The van der Waals surface area contributed by atoms with Gasteiger partial charge in [-0.1, -0.05) is 17.7 Å². The summed E-state index contributed by atoms with van der Waals surface area (Å²) in [5.41, 5.74) is 1.39. The highest BCUT2D eigenvalue weighted by Gasteiger charge is 2.16. The Morgan fingerprint density at radius 3 is 2.56 bits per heavy atom. The van der Waals surface area contributed by atoms with Gasteiger partial charge in [0, 0.05) is 0 Å². The van der Waals surface area contributed by atoms with Crippen LogP contribution in [0.4, 0.5) is 0 Å². The first kappa shape index (κ1) is 11.2. The van der Waals surface area contributed by atoms with Crippen LogP contribution in [0.3, 0.4) is 0 Å². The summed E-state index contributed by atoms with van der Waals surface area (Å²) in [6, 6.07) is 5.53. The molecule has 0 spiro atoms. The summed E-state index contributed by atoms with van der Waals surface area (Å²) < 4.78 is 18.6. The van der Waals surface area contributed by atoms with Crippen molar-refractivity contribution in [1.82, 2.24) is 8.75 Å². The molecule has 0 unspecified atom stereocenters. The largest absolute Gasteiger partial charge is 0.493 e. The summed E-state index contributed by atoms with van der Waals surface area (Å²) in [6.07, 6.45) is 0. The minimum Gasteiger partial charge on any atom is -0.493 e. The average Bonchev–Trinajstić information content (AvgIpc) is 2.74. The molecule has 1 aromatic heterocycles. The van der Waals surface area contributed by atoms with Gasteiger partial charge < -0.3 is 9.47 Å². The maximum atomic E-state index is 5.94. The number of methoxy groups -OCH3 is 2. The van der Waals surface area contributed by atoms with E-state index in [0.717, 1.165) is 17.3 Å². The molecule has 0 radical (unpaired) electrons. The Balaban J connectivity index is 2.61. The maximum Gasteiger partial charge on any atom is 0.171 e. The smallest absolute Gasteiger partial charge is 0.171 e. The Bertz CT molecular complexity index is 501. The Morgan fingerprint density at radius 1 is 1.19 bits per heavy atom. The number of benzene rings is 1. The van der Waals surface area contributed by atoms with Crippen molar-refractivity contribution in [2.45, 2.75) is 0 Å². The molecule has 0 N–H and O–H groups in total. The number of nitrogens with zero attached hydrogens (tertiary/aromatic N) is 2. The normalized spacial score (nSPS) is 10.2. The SMILES string of the molecule is COc1cccc(-c2nsnc2Cl)c1OC. The number of para-hydroxylation sites is 1. The lowest BCUT2D eigenvalue weighted by Gasteiger charge is -2.10. The molecule has 2 aromatic rings. The second-order valence-corrected chi connectivity index (χ2v) is 3.83. The quantitative estimate of drug-likeness (QED) is 0.847. The summed E-state index contributed by atoms with van der Waals surface area (Å²) >= 11 is 7.00. The van der Waals surface area contributed by atoms with Crippen molar-refractivity contribution in [3.8, 4) is 22.8 Å². The van der Waals surface area contributed by atoms with E-state index in [9.17, 15) is 0 Å². The van der Waals surface area contributed by atoms with Crippen molar-refractivity contribution in [2.24, 2.45) is 0 Å². The number of ether oxygens (including phenoxy) is 2. The number of rotatable bonds is 3. The van der Waals surface area contributed by atoms with E-state index in [1.807, 2.05) is 18.2 Å². The molecule has 0 aliphatic rings. The van der Waals surface area contributed by atoms with Crippen molar-refractivity contribution in [1.29, 1.82) is 0 Å². The van der Waals surface area contributed by atoms with Crippen LogP contribution < -0.4 is 9.47 Å². The first-order chi connectivity index (χ1) is 7.77. The fourth-order valence-corrected chi connectivity index (χ4v) is 2.16. The third-order valence-electron chi connectivity index (χ3n) is 2.11. The molecule has 16 heavy (non-hydrogen) atoms. The fourth-order valence-electron chi connectivity index (χ4n) is 1.41. The van der Waals surface area contributed by atoms with Crippen molar-refractivity contribution >= 4 is 23.3 Å². The van der Waals surface area contributed by atoms with Gasteiger partial charge in [0.15, 0.2) is 16.7 Å². The van der Waals surface area contributed by atoms with Crippen LogP contribution in [0, 0.1) is 0 Å². The highest BCUT2D eigenvalue weighted by Crippen LogP contribution is 2.39. The second-order valence-electron chi connectivity index (χ2n) is 2.94. The van der Waals surface area contributed by atoms with Crippen molar-refractivity contribution < 1.29 is 9.47 Å². The van der Waals surface area contributed by atoms with Crippen LogP contribution in [-0.4, -0.2) is 23.0 Å². The Morgan fingerprint density at radius 2 is 2.00 bits per heavy atom. The van der Waals surface area contributed by atoms with E-state index in [0.29, 0.717) is 22.3 Å². The molecule has 1 heterocycles. The van der Waals surface area contributed by atoms with Crippen LogP contribution in [0.25, 0.3) is 11.3 Å². The lowest BCUT2D eigenvalue weighted by Crippen LogP contribution is -1.93. The van der Waals surface area contributed by atoms with Gasteiger partial charge in [0.25, 0.3) is 0 Å². The summed E-state index contributed by atoms with van der Waals surface area (Å²) in [4.78, 5) is 0. The summed E-state index contributed by atoms with van der Waals surface area (Å²) in [5.74, 6) is 1.25. The third-order valence-corrected chi connectivity index (χ3v) is 3.00. The van der Waals surface area contributed by atoms with Crippen LogP contribution in [0.5, 0.6) is 11.5 Å². The molecule has 6 heteroatoms. The molecule has 2 rings (SSSR count). The molecule has 0 saturated heterocycles. The van der Waals surface area contributed by atoms with Crippen LogP contribution in [-0.2, 0) is 0 Å². The highest BCUT2D eigenvalue weighted by atomic mass is 35.5. The molecule has 4 nitrogen and oxygen atoms in total. The van der Waals surface area contributed by atoms with E-state index in [1.54, 1.807) is 14.2 Å². The summed E-state index contributed by atoms with van der Waals surface area (Å²) in [6.45, 7) is 0. The van der Waals surface area contributed by atoms with Crippen LogP contribution >= 0.6 is 23.3 Å². The Hall–Kier alpha value is -1.33. The van der Waals surface area contributed by atoms with E-state index < -0.39 is 0 Å². The summed E-state index contributed by atoms with van der Waals surface area (Å²) in [5, 5.41) is 0.372. The van der Waals surface area contributed by atoms with E-state index >= 15 is 0 Å². The fraction of sp³-hybridized carbons (Fsp3) is 0.200. The van der Waals surface area contributed by atoms with Gasteiger partial charge in [0.2, 0.25) is 0 Å². The molecular formula is C10H9ClN2O2S. The van der Waals surface area contributed by atoms with Crippen molar-refractivity contribution in [3.05, 3.63) is 23.4 Å². The molecule has 0 fully saturated rings. The predicted octanol–water partition coefficient (Wildman–Crippen LogP) is 2.88. The van der Waals surface area contributed by atoms with E-state index in [4.69, 9.17) is 21.1 Å². The first-order valence-corrected chi connectivity index (χ1v) is 5.58.